The summed E-state index contributed by atoms with van der Waals surface area (Å²) in [6, 6.07) is 7.57. The summed E-state index contributed by atoms with van der Waals surface area (Å²) in [4.78, 5) is 3.89. The lowest BCUT2D eigenvalue weighted by molar-refractivity contribution is 0.0457. The molecule has 3 aliphatic rings. The van der Waals surface area contributed by atoms with E-state index in [9.17, 15) is 0 Å². The van der Waals surface area contributed by atoms with Crippen molar-refractivity contribution in [1.29, 1.82) is 0 Å². The van der Waals surface area contributed by atoms with Gasteiger partial charge in [-0.1, -0.05) is 0 Å². The molecule has 1 aromatic rings. The average Bonchev–Trinajstić information content (AvgIpc) is 2.51. The average molecular weight is 292 g/mol. The van der Waals surface area contributed by atoms with Crippen LogP contribution in [-0.4, -0.2) is 43.4 Å². The molecule has 110 valence electrons. The molecule has 4 rings (SSSR count). The maximum absolute atomic E-state index is 5.52. The summed E-state index contributed by atoms with van der Waals surface area (Å²) in [5, 5.41) is 3.78. The van der Waals surface area contributed by atoms with Gasteiger partial charge in [0.2, 0.25) is 0 Å². The maximum Gasteiger partial charge on any atom is 0.142 e. The van der Waals surface area contributed by atoms with Crippen LogP contribution in [0.2, 0.25) is 0 Å². The molecule has 3 fully saturated rings. The second-order valence-corrected chi connectivity index (χ2v) is 6.73. The molecule has 3 aliphatic heterocycles. The van der Waals surface area contributed by atoms with Gasteiger partial charge in [0.05, 0.1) is 12.8 Å². The fourth-order valence-electron chi connectivity index (χ4n) is 3.65. The van der Waals surface area contributed by atoms with Crippen molar-refractivity contribution in [3.05, 3.63) is 18.2 Å². The highest BCUT2D eigenvalue weighted by atomic mass is 32.2. The van der Waals surface area contributed by atoms with Gasteiger partial charge < -0.3 is 10.1 Å². The zero-order chi connectivity index (χ0) is 14.1. The number of methoxy groups -OCH3 is 1. The zero-order valence-corrected chi connectivity index (χ0v) is 13.4. The molecule has 0 aromatic heterocycles. The van der Waals surface area contributed by atoms with Crippen LogP contribution in [0, 0.1) is 5.92 Å². The summed E-state index contributed by atoms with van der Waals surface area (Å²) in [6.45, 7) is 4.89. The number of nitrogens with zero attached hydrogens (tertiary/aromatic N) is 1. The SMILES string of the molecule is COc1ccc(SC)cc1N[C@H]1C2CCN(CC2)[C@H]1C. The van der Waals surface area contributed by atoms with Crippen LogP contribution in [0.15, 0.2) is 23.1 Å². The topological polar surface area (TPSA) is 24.5 Å². The third-order valence-electron chi connectivity index (χ3n) is 4.91. The van der Waals surface area contributed by atoms with Crippen molar-refractivity contribution in [3.8, 4) is 5.75 Å². The molecule has 3 nitrogen and oxygen atoms in total. The summed E-state index contributed by atoms with van der Waals surface area (Å²) in [6.07, 6.45) is 4.77. The molecule has 0 spiro atoms. The zero-order valence-electron chi connectivity index (χ0n) is 12.6. The molecule has 20 heavy (non-hydrogen) atoms. The summed E-state index contributed by atoms with van der Waals surface area (Å²) in [5.74, 6) is 1.75. The highest BCUT2D eigenvalue weighted by Crippen LogP contribution is 2.37. The first-order chi connectivity index (χ1) is 9.72. The van der Waals surface area contributed by atoms with Crippen LogP contribution in [0.4, 0.5) is 5.69 Å². The van der Waals surface area contributed by atoms with Gasteiger partial charge in [-0.25, -0.2) is 0 Å². The Kier molecular flexibility index (Phi) is 4.13. The van der Waals surface area contributed by atoms with Crippen LogP contribution in [0.5, 0.6) is 5.75 Å². The third kappa shape index (κ3) is 2.51. The van der Waals surface area contributed by atoms with E-state index in [1.807, 2.05) is 0 Å². The van der Waals surface area contributed by atoms with E-state index in [2.05, 4.69) is 41.6 Å². The summed E-state index contributed by atoms with van der Waals surface area (Å²) < 4.78 is 5.52. The van der Waals surface area contributed by atoms with E-state index in [1.165, 1.54) is 30.8 Å². The molecule has 2 atom stereocenters. The van der Waals surface area contributed by atoms with Gasteiger partial charge in [-0.3, -0.25) is 4.90 Å². The molecule has 0 aliphatic carbocycles. The van der Waals surface area contributed by atoms with Gasteiger partial charge in [0.1, 0.15) is 5.75 Å². The number of piperidine rings is 3. The molecule has 1 aromatic carbocycles. The number of hydrogen-bond donors (Lipinski definition) is 1. The van der Waals surface area contributed by atoms with Gasteiger partial charge in [-0.05, 0) is 63.2 Å². The summed E-state index contributed by atoms with van der Waals surface area (Å²) >= 11 is 1.77. The van der Waals surface area contributed by atoms with E-state index in [-0.39, 0.29) is 0 Å². The van der Waals surface area contributed by atoms with E-state index in [4.69, 9.17) is 4.74 Å². The Balaban J connectivity index is 1.83. The Bertz CT molecular complexity index is 470. The molecular formula is C16H24N2OS. The molecule has 0 unspecified atom stereocenters. The van der Waals surface area contributed by atoms with Gasteiger partial charge in [0.25, 0.3) is 0 Å². The number of fused-ring (bicyclic) bond motifs is 3. The molecule has 4 heteroatoms. The Labute approximate surface area is 126 Å². The van der Waals surface area contributed by atoms with Gasteiger partial charge >= 0.3 is 0 Å². The summed E-state index contributed by atoms with van der Waals surface area (Å²) in [7, 11) is 1.75. The van der Waals surface area contributed by atoms with Crippen molar-refractivity contribution in [2.45, 2.75) is 36.7 Å². The molecule has 1 N–H and O–H groups in total. The first-order valence-electron chi connectivity index (χ1n) is 7.45. The van der Waals surface area contributed by atoms with E-state index in [0.29, 0.717) is 12.1 Å². The number of thioether (sulfide) groups is 1. The van der Waals surface area contributed by atoms with Crippen molar-refractivity contribution >= 4 is 17.4 Å². The molecule has 2 bridgehead atoms. The molecule has 0 radical (unpaired) electrons. The first-order valence-corrected chi connectivity index (χ1v) is 8.68. The van der Waals surface area contributed by atoms with Gasteiger partial charge in [0, 0.05) is 17.0 Å². The minimum Gasteiger partial charge on any atom is -0.495 e. The molecule has 0 saturated carbocycles. The Hall–Kier alpha value is -0.870. The quantitative estimate of drug-likeness (QED) is 0.861. The number of anilines is 1. The van der Waals surface area contributed by atoms with Gasteiger partial charge in [-0.2, -0.15) is 0 Å². The largest absolute Gasteiger partial charge is 0.495 e. The number of nitrogens with one attached hydrogen (secondary N) is 1. The predicted octanol–water partition coefficient (Wildman–Crippen LogP) is 3.31. The minimum atomic E-state index is 0.545. The maximum atomic E-state index is 5.52. The minimum absolute atomic E-state index is 0.545. The Morgan fingerprint density at radius 1 is 1.30 bits per heavy atom. The highest BCUT2D eigenvalue weighted by molar-refractivity contribution is 7.98. The lowest BCUT2D eigenvalue weighted by atomic mass is 9.79. The van der Waals surface area contributed by atoms with Crippen molar-refractivity contribution in [3.63, 3.8) is 0 Å². The first kappa shape index (κ1) is 14.1. The molecular weight excluding hydrogens is 268 g/mol. The number of hydrogen-bond acceptors (Lipinski definition) is 4. The predicted molar refractivity (Wildman–Crippen MR) is 85.9 cm³/mol. The number of ether oxygens (including phenoxy) is 1. The van der Waals surface area contributed by atoms with Crippen LogP contribution < -0.4 is 10.1 Å². The second-order valence-electron chi connectivity index (χ2n) is 5.85. The van der Waals surface area contributed by atoms with Crippen molar-refractivity contribution < 1.29 is 4.74 Å². The van der Waals surface area contributed by atoms with Gasteiger partial charge in [-0.15, -0.1) is 11.8 Å². The van der Waals surface area contributed by atoms with Crippen LogP contribution in [0.25, 0.3) is 0 Å². The lowest BCUT2D eigenvalue weighted by Crippen LogP contribution is -2.59. The lowest BCUT2D eigenvalue weighted by Gasteiger charge is -2.50. The monoisotopic (exact) mass is 292 g/mol. The van der Waals surface area contributed by atoms with Crippen LogP contribution in [0.1, 0.15) is 19.8 Å². The standard InChI is InChI=1S/C16H24N2OS/c1-11-16(12-6-8-18(11)9-7-12)17-14-10-13(20-3)4-5-15(14)19-2/h4-5,10-12,16-17H,6-9H2,1-3H3/t11-,16+/m0/s1. The van der Waals surface area contributed by atoms with Crippen LogP contribution in [0.3, 0.4) is 0 Å². The van der Waals surface area contributed by atoms with Gasteiger partial charge in [0.15, 0.2) is 0 Å². The van der Waals surface area contributed by atoms with Crippen molar-refractivity contribution in [2.75, 3.05) is 31.8 Å². The van der Waals surface area contributed by atoms with E-state index < -0.39 is 0 Å². The van der Waals surface area contributed by atoms with Crippen molar-refractivity contribution in [1.82, 2.24) is 4.90 Å². The Morgan fingerprint density at radius 3 is 2.65 bits per heavy atom. The smallest absolute Gasteiger partial charge is 0.142 e. The number of benzene rings is 1. The summed E-state index contributed by atoms with van der Waals surface area (Å²) in [5.41, 5.74) is 1.14. The second kappa shape index (κ2) is 5.86. The number of rotatable bonds is 4. The molecule has 0 amide bonds. The Morgan fingerprint density at radius 2 is 2.05 bits per heavy atom. The van der Waals surface area contributed by atoms with Crippen LogP contribution in [-0.2, 0) is 0 Å². The third-order valence-corrected chi connectivity index (χ3v) is 5.63. The normalized spacial score (nSPS) is 32.1. The van der Waals surface area contributed by atoms with E-state index in [0.717, 1.165) is 17.4 Å². The fraction of sp³-hybridized carbons (Fsp3) is 0.625. The van der Waals surface area contributed by atoms with E-state index in [1.54, 1.807) is 18.9 Å². The van der Waals surface area contributed by atoms with Crippen LogP contribution >= 0.6 is 11.8 Å². The highest BCUT2D eigenvalue weighted by Gasteiger charge is 2.39. The van der Waals surface area contributed by atoms with E-state index >= 15 is 0 Å². The molecule has 3 heterocycles. The van der Waals surface area contributed by atoms with Crippen molar-refractivity contribution in [2.24, 2.45) is 5.92 Å². The molecule has 3 saturated heterocycles. The fourth-order valence-corrected chi connectivity index (χ4v) is 4.09.